The number of carboxylic acid groups (broad SMARTS) is 1. The summed E-state index contributed by atoms with van der Waals surface area (Å²) < 4.78 is 28.1. The van der Waals surface area contributed by atoms with Crippen molar-refractivity contribution in [3.05, 3.63) is 28.0 Å². The lowest BCUT2D eigenvalue weighted by Crippen LogP contribution is -2.34. The highest BCUT2D eigenvalue weighted by Crippen LogP contribution is 2.41. The molecule has 1 saturated carbocycles. The fourth-order valence-electron chi connectivity index (χ4n) is 3.70. The van der Waals surface area contributed by atoms with Crippen molar-refractivity contribution in [2.24, 2.45) is 13.0 Å². The Bertz CT molecular complexity index is 935. The summed E-state index contributed by atoms with van der Waals surface area (Å²) in [4.78, 5) is 16.1. The summed E-state index contributed by atoms with van der Waals surface area (Å²) in [5.74, 6) is 2.37. The van der Waals surface area contributed by atoms with Gasteiger partial charge in [-0.05, 0) is 41.3 Å². The molecule has 0 atom stereocenters. The summed E-state index contributed by atoms with van der Waals surface area (Å²) in [5.41, 5.74) is 1.79. The van der Waals surface area contributed by atoms with E-state index in [2.05, 4.69) is 32.8 Å². The Kier molecular flexibility index (Phi) is 6.39. The minimum atomic E-state index is -2.50. The third-order valence-electron chi connectivity index (χ3n) is 5.19. The van der Waals surface area contributed by atoms with Crippen LogP contribution in [0.2, 0.25) is 0 Å². The first-order chi connectivity index (χ1) is 13.3. The standard InChI is InChI=1S/C21H23BrF2N2O2/c1-26-17(18(20(27)28)16-10-15(22)13-25-19(16)26)9-7-5-3-2-4-6-8-14-11-21(23,24)12-14/h10,13-14H,2-5,7,9,11-12H2,1H3,(H,27,28). The Morgan fingerprint density at radius 2 is 2.07 bits per heavy atom. The maximum atomic E-state index is 12.7. The Morgan fingerprint density at radius 1 is 1.36 bits per heavy atom. The van der Waals surface area contributed by atoms with Gasteiger partial charge in [0, 0.05) is 54.0 Å². The molecule has 0 aliphatic heterocycles. The first-order valence-electron chi connectivity index (χ1n) is 9.51. The van der Waals surface area contributed by atoms with Gasteiger partial charge in [0.25, 0.3) is 5.92 Å². The number of hydrogen-bond donors (Lipinski definition) is 1. The molecular formula is C21H23BrF2N2O2. The summed E-state index contributed by atoms with van der Waals surface area (Å²) in [6, 6.07) is 1.80. The van der Waals surface area contributed by atoms with Crippen molar-refractivity contribution in [2.45, 2.75) is 57.3 Å². The molecule has 0 radical (unpaired) electrons. The molecule has 28 heavy (non-hydrogen) atoms. The van der Waals surface area contributed by atoms with Crippen LogP contribution in [0.1, 0.15) is 61.0 Å². The van der Waals surface area contributed by atoms with Gasteiger partial charge in [-0.3, -0.25) is 0 Å². The zero-order chi connectivity index (χ0) is 20.3. The number of halogens is 3. The predicted octanol–water partition coefficient (Wildman–Crippen LogP) is 5.58. The van der Waals surface area contributed by atoms with Crippen LogP contribution in [-0.2, 0) is 13.5 Å². The lowest BCUT2D eigenvalue weighted by atomic mass is 9.82. The zero-order valence-electron chi connectivity index (χ0n) is 15.8. The molecule has 1 fully saturated rings. The molecule has 4 nitrogen and oxygen atoms in total. The molecule has 150 valence electrons. The number of pyridine rings is 1. The molecule has 7 heteroatoms. The van der Waals surface area contributed by atoms with E-state index in [-0.39, 0.29) is 18.8 Å². The molecule has 0 aromatic carbocycles. The van der Waals surface area contributed by atoms with Crippen LogP contribution in [0.25, 0.3) is 11.0 Å². The van der Waals surface area contributed by atoms with Crippen LogP contribution in [0.4, 0.5) is 8.78 Å². The van der Waals surface area contributed by atoms with Crippen molar-refractivity contribution < 1.29 is 18.7 Å². The number of hydrogen-bond acceptors (Lipinski definition) is 2. The number of aromatic nitrogens is 2. The van der Waals surface area contributed by atoms with Gasteiger partial charge >= 0.3 is 5.97 Å². The molecule has 0 amide bonds. The van der Waals surface area contributed by atoms with E-state index >= 15 is 0 Å². The Hall–Kier alpha value is -1.94. The number of carbonyl (C=O) groups is 1. The summed E-state index contributed by atoms with van der Waals surface area (Å²) in [6.45, 7) is 0. The van der Waals surface area contributed by atoms with Crippen LogP contribution in [0.3, 0.4) is 0 Å². The van der Waals surface area contributed by atoms with Gasteiger partial charge in [0.05, 0.1) is 5.56 Å². The Labute approximate surface area is 171 Å². The number of unbranched alkanes of at least 4 members (excludes halogenated alkanes) is 4. The van der Waals surface area contributed by atoms with Crippen LogP contribution in [0.5, 0.6) is 0 Å². The van der Waals surface area contributed by atoms with E-state index in [0.717, 1.165) is 42.3 Å². The molecule has 0 spiro atoms. The fraction of sp³-hybridized carbons (Fsp3) is 0.524. The van der Waals surface area contributed by atoms with Gasteiger partial charge in [-0.25, -0.2) is 18.6 Å². The van der Waals surface area contributed by atoms with Crippen LogP contribution in [0.15, 0.2) is 16.7 Å². The second kappa shape index (κ2) is 8.60. The predicted molar refractivity (Wildman–Crippen MR) is 108 cm³/mol. The summed E-state index contributed by atoms with van der Waals surface area (Å²) in [6.07, 6.45) is 6.67. The fourth-order valence-corrected chi connectivity index (χ4v) is 4.04. The second-order valence-electron chi connectivity index (χ2n) is 7.41. The van der Waals surface area contributed by atoms with Crippen LogP contribution >= 0.6 is 15.9 Å². The molecule has 2 aromatic rings. The average molecular weight is 453 g/mol. The SMILES string of the molecule is Cn1c(CCCCCCC#CC2CC(F)(F)C2)c(C(=O)O)c2cc(Br)cnc21. The van der Waals surface area contributed by atoms with Gasteiger partial charge in [-0.2, -0.15) is 0 Å². The third kappa shape index (κ3) is 4.72. The van der Waals surface area contributed by atoms with E-state index in [1.54, 1.807) is 12.3 Å². The largest absolute Gasteiger partial charge is 0.478 e. The number of aromatic carboxylic acids is 1. The molecule has 1 aliphatic rings. The van der Waals surface area contributed by atoms with Gasteiger partial charge in [-0.1, -0.05) is 18.8 Å². The van der Waals surface area contributed by atoms with Crippen LogP contribution in [0, 0.1) is 17.8 Å². The van der Waals surface area contributed by atoms with Crippen molar-refractivity contribution in [3.63, 3.8) is 0 Å². The molecule has 2 heterocycles. The van der Waals surface area contributed by atoms with E-state index < -0.39 is 11.9 Å². The maximum absolute atomic E-state index is 12.7. The maximum Gasteiger partial charge on any atom is 0.338 e. The molecular weight excluding hydrogens is 430 g/mol. The molecule has 1 N–H and O–H groups in total. The number of nitrogens with zero attached hydrogens (tertiary/aromatic N) is 2. The number of rotatable bonds is 7. The van der Waals surface area contributed by atoms with Crippen molar-refractivity contribution in [1.29, 1.82) is 0 Å². The molecule has 3 rings (SSSR count). The minimum Gasteiger partial charge on any atom is -0.478 e. The van der Waals surface area contributed by atoms with E-state index in [1.807, 2.05) is 11.6 Å². The lowest BCUT2D eigenvalue weighted by molar-refractivity contribution is -0.0936. The van der Waals surface area contributed by atoms with E-state index in [0.29, 0.717) is 23.0 Å². The van der Waals surface area contributed by atoms with Crippen LogP contribution < -0.4 is 0 Å². The van der Waals surface area contributed by atoms with Gasteiger partial charge in [0.15, 0.2) is 0 Å². The highest BCUT2D eigenvalue weighted by atomic mass is 79.9. The quantitative estimate of drug-likeness (QED) is 0.440. The van der Waals surface area contributed by atoms with Crippen molar-refractivity contribution >= 4 is 32.9 Å². The minimum absolute atomic E-state index is 0.0949. The first kappa shape index (κ1) is 20.8. The van der Waals surface area contributed by atoms with Gasteiger partial charge in [0.1, 0.15) is 5.65 Å². The summed E-state index contributed by atoms with van der Waals surface area (Å²) in [7, 11) is 1.85. The molecule has 0 unspecified atom stereocenters. The number of aryl methyl sites for hydroxylation is 1. The van der Waals surface area contributed by atoms with E-state index in [1.165, 1.54) is 0 Å². The lowest BCUT2D eigenvalue weighted by Gasteiger charge is -2.31. The van der Waals surface area contributed by atoms with Crippen molar-refractivity contribution in [2.75, 3.05) is 0 Å². The first-order valence-corrected chi connectivity index (χ1v) is 10.3. The van der Waals surface area contributed by atoms with E-state index in [9.17, 15) is 18.7 Å². The second-order valence-corrected chi connectivity index (χ2v) is 8.32. The number of fused-ring (bicyclic) bond motifs is 1. The van der Waals surface area contributed by atoms with Crippen LogP contribution in [-0.4, -0.2) is 26.5 Å². The van der Waals surface area contributed by atoms with Gasteiger partial charge in [-0.15, -0.1) is 5.92 Å². The molecule has 1 aliphatic carbocycles. The average Bonchev–Trinajstić information content (AvgIpc) is 2.87. The third-order valence-corrected chi connectivity index (χ3v) is 5.62. The zero-order valence-corrected chi connectivity index (χ0v) is 17.4. The van der Waals surface area contributed by atoms with Crippen molar-refractivity contribution in [3.8, 4) is 11.8 Å². The molecule has 2 aromatic heterocycles. The van der Waals surface area contributed by atoms with E-state index in [4.69, 9.17) is 0 Å². The van der Waals surface area contributed by atoms with Gasteiger partial charge < -0.3 is 9.67 Å². The van der Waals surface area contributed by atoms with Gasteiger partial charge in [0.2, 0.25) is 0 Å². The topological polar surface area (TPSA) is 55.1 Å². The number of alkyl halides is 2. The normalized spacial score (nSPS) is 15.9. The molecule has 0 saturated heterocycles. The highest BCUT2D eigenvalue weighted by molar-refractivity contribution is 9.10. The smallest absolute Gasteiger partial charge is 0.338 e. The monoisotopic (exact) mass is 452 g/mol. The Morgan fingerprint density at radius 3 is 2.75 bits per heavy atom. The summed E-state index contributed by atoms with van der Waals surface area (Å²) >= 11 is 3.35. The number of carboxylic acids is 1. The summed E-state index contributed by atoms with van der Waals surface area (Å²) in [5, 5.41) is 10.3. The highest BCUT2D eigenvalue weighted by Gasteiger charge is 2.44. The molecule has 0 bridgehead atoms. The van der Waals surface area contributed by atoms with Crippen molar-refractivity contribution in [1.82, 2.24) is 9.55 Å². The Balaban J connectivity index is 1.48.